The summed E-state index contributed by atoms with van der Waals surface area (Å²) in [5, 5.41) is 3.06. The molecule has 1 heterocycles. The van der Waals surface area contributed by atoms with Crippen molar-refractivity contribution in [1.29, 1.82) is 0 Å². The van der Waals surface area contributed by atoms with Gasteiger partial charge in [-0.2, -0.15) is 11.8 Å². The largest absolute Gasteiger partial charge is 0.354 e. The summed E-state index contributed by atoms with van der Waals surface area (Å²) in [6, 6.07) is 0.268. The normalized spacial score (nSPS) is 19.4. The van der Waals surface area contributed by atoms with Crippen LogP contribution in [0.4, 0.5) is 0 Å². The molecule has 0 saturated carbocycles. The predicted molar refractivity (Wildman–Crippen MR) is 72.2 cm³/mol. The fraction of sp³-hybridized carbons (Fsp3) is 0.917. The zero-order valence-electron chi connectivity index (χ0n) is 10.0. The van der Waals surface area contributed by atoms with Crippen LogP contribution in [-0.2, 0) is 4.79 Å². The second-order valence-electron chi connectivity index (χ2n) is 4.56. The molecule has 16 heavy (non-hydrogen) atoms. The average molecular weight is 264 g/mol. The van der Waals surface area contributed by atoms with Crippen molar-refractivity contribution in [3.05, 3.63) is 0 Å². The van der Waals surface area contributed by atoms with Crippen LogP contribution in [0.1, 0.15) is 39.0 Å². The highest BCUT2D eigenvalue weighted by Gasteiger charge is 2.17. The number of rotatable bonds is 6. The second-order valence-corrected chi connectivity index (χ2v) is 6.16. The zero-order valence-corrected chi connectivity index (χ0v) is 11.6. The lowest BCUT2D eigenvalue weighted by molar-refractivity contribution is -0.122. The highest BCUT2D eigenvalue weighted by atomic mass is 35.5. The summed E-state index contributed by atoms with van der Waals surface area (Å²) in [5.74, 6) is 3.96. The van der Waals surface area contributed by atoms with E-state index in [2.05, 4.69) is 12.2 Å². The van der Waals surface area contributed by atoms with E-state index in [-0.39, 0.29) is 11.9 Å². The van der Waals surface area contributed by atoms with Gasteiger partial charge in [0.05, 0.1) is 0 Å². The maximum absolute atomic E-state index is 11.7. The number of amides is 1. The average Bonchev–Trinajstić information content (AvgIpc) is 2.27. The topological polar surface area (TPSA) is 29.1 Å². The number of thioether (sulfide) groups is 1. The standard InChI is InChI=1S/C12H22ClNOS/c1-10(3-2-6-13)14-12(15)9-11-4-7-16-8-5-11/h10-11H,2-9H2,1H3,(H,14,15). The summed E-state index contributed by atoms with van der Waals surface area (Å²) in [7, 11) is 0. The van der Waals surface area contributed by atoms with Crippen LogP contribution in [0.25, 0.3) is 0 Å². The molecule has 1 saturated heterocycles. The van der Waals surface area contributed by atoms with Crippen LogP contribution in [0.2, 0.25) is 0 Å². The molecule has 1 fully saturated rings. The van der Waals surface area contributed by atoms with E-state index in [4.69, 9.17) is 11.6 Å². The number of halogens is 1. The minimum Gasteiger partial charge on any atom is -0.354 e. The summed E-state index contributed by atoms with van der Waals surface area (Å²) in [5.41, 5.74) is 0. The fourth-order valence-corrected chi connectivity index (χ4v) is 3.36. The first-order valence-corrected chi connectivity index (χ1v) is 7.84. The zero-order chi connectivity index (χ0) is 11.8. The van der Waals surface area contributed by atoms with Crippen LogP contribution < -0.4 is 5.32 Å². The number of hydrogen-bond acceptors (Lipinski definition) is 2. The summed E-state index contributed by atoms with van der Waals surface area (Å²) < 4.78 is 0. The smallest absolute Gasteiger partial charge is 0.220 e. The van der Waals surface area contributed by atoms with Crippen LogP contribution in [0.5, 0.6) is 0 Å². The van der Waals surface area contributed by atoms with Crippen molar-refractivity contribution in [2.45, 2.75) is 45.1 Å². The Morgan fingerprint density at radius 1 is 1.50 bits per heavy atom. The van der Waals surface area contributed by atoms with Gasteiger partial charge in [0.15, 0.2) is 0 Å². The van der Waals surface area contributed by atoms with Gasteiger partial charge in [0.2, 0.25) is 5.91 Å². The van der Waals surface area contributed by atoms with Crippen molar-refractivity contribution in [2.24, 2.45) is 5.92 Å². The number of nitrogens with one attached hydrogen (secondary N) is 1. The van der Waals surface area contributed by atoms with Crippen molar-refractivity contribution < 1.29 is 4.79 Å². The second kappa shape index (κ2) is 8.24. The molecule has 0 spiro atoms. The number of carbonyl (C=O) groups excluding carboxylic acids is 1. The molecule has 0 aromatic rings. The third-order valence-corrected chi connectivity index (χ3v) is 4.31. The lowest BCUT2D eigenvalue weighted by atomic mass is 9.98. The molecule has 1 atom stereocenters. The first kappa shape index (κ1) is 14.2. The van der Waals surface area contributed by atoms with E-state index in [9.17, 15) is 4.79 Å². The summed E-state index contributed by atoms with van der Waals surface area (Å²) >= 11 is 7.63. The Kier molecular flexibility index (Phi) is 7.30. The van der Waals surface area contributed by atoms with Gasteiger partial charge >= 0.3 is 0 Å². The molecule has 0 bridgehead atoms. The Morgan fingerprint density at radius 2 is 2.19 bits per heavy atom. The van der Waals surface area contributed by atoms with Crippen LogP contribution in [0.3, 0.4) is 0 Å². The Morgan fingerprint density at radius 3 is 2.81 bits per heavy atom. The van der Waals surface area contributed by atoms with Crippen LogP contribution >= 0.6 is 23.4 Å². The van der Waals surface area contributed by atoms with Crippen molar-refractivity contribution in [3.63, 3.8) is 0 Å². The molecule has 1 unspecified atom stereocenters. The highest BCUT2D eigenvalue weighted by molar-refractivity contribution is 7.99. The van der Waals surface area contributed by atoms with Crippen LogP contribution in [-0.4, -0.2) is 29.3 Å². The SMILES string of the molecule is CC(CCCCl)NC(=O)CC1CCSCC1. The first-order valence-electron chi connectivity index (χ1n) is 6.15. The molecule has 1 N–H and O–H groups in total. The highest BCUT2D eigenvalue weighted by Crippen LogP contribution is 2.25. The van der Waals surface area contributed by atoms with Gasteiger partial charge in [-0.25, -0.2) is 0 Å². The number of alkyl halides is 1. The fourth-order valence-electron chi connectivity index (χ4n) is 2.00. The molecule has 0 aromatic carbocycles. The van der Waals surface area contributed by atoms with Crippen LogP contribution in [0, 0.1) is 5.92 Å². The Bertz CT molecular complexity index is 207. The lowest BCUT2D eigenvalue weighted by Gasteiger charge is -2.21. The number of carbonyl (C=O) groups is 1. The monoisotopic (exact) mass is 263 g/mol. The molecule has 0 aromatic heterocycles. The van der Waals surface area contributed by atoms with Crippen molar-refractivity contribution in [1.82, 2.24) is 5.32 Å². The van der Waals surface area contributed by atoms with Gasteiger partial charge in [0.25, 0.3) is 0 Å². The number of hydrogen-bond donors (Lipinski definition) is 1. The van der Waals surface area contributed by atoms with E-state index in [1.54, 1.807) is 0 Å². The Balaban J connectivity index is 2.13. The third kappa shape index (κ3) is 6.00. The van der Waals surface area contributed by atoms with Gasteiger partial charge in [-0.1, -0.05) is 0 Å². The van der Waals surface area contributed by atoms with Gasteiger partial charge in [-0.15, -0.1) is 11.6 Å². The molecule has 1 aliphatic rings. The quantitative estimate of drug-likeness (QED) is 0.747. The summed E-state index contributed by atoms with van der Waals surface area (Å²) in [6.45, 7) is 2.06. The van der Waals surface area contributed by atoms with E-state index >= 15 is 0 Å². The maximum atomic E-state index is 11.7. The van der Waals surface area contributed by atoms with Crippen molar-refractivity contribution >= 4 is 29.3 Å². The summed E-state index contributed by atoms with van der Waals surface area (Å²) in [4.78, 5) is 11.7. The van der Waals surface area contributed by atoms with Crippen molar-refractivity contribution in [3.8, 4) is 0 Å². The molecule has 94 valence electrons. The molecular weight excluding hydrogens is 242 g/mol. The van der Waals surface area contributed by atoms with E-state index in [0.717, 1.165) is 12.8 Å². The van der Waals surface area contributed by atoms with E-state index in [1.807, 2.05) is 11.8 Å². The van der Waals surface area contributed by atoms with Crippen LogP contribution in [0.15, 0.2) is 0 Å². The van der Waals surface area contributed by atoms with Crippen molar-refractivity contribution in [2.75, 3.05) is 17.4 Å². The molecule has 4 heteroatoms. The van der Waals surface area contributed by atoms with E-state index < -0.39 is 0 Å². The molecule has 1 rings (SSSR count). The Labute approximate surface area is 108 Å². The first-order chi connectivity index (χ1) is 7.72. The lowest BCUT2D eigenvalue weighted by Crippen LogP contribution is -2.34. The summed E-state index contributed by atoms with van der Waals surface area (Å²) in [6.07, 6.45) is 5.08. The molecule has 1 aliphatic heterocycles. The Hall–Kier alpha value is 0.110. The van der Waals surface area contributed by atoms with Gasteiger partial charge in [-0.05, 0) is 50.0 Å². The van der Waals surface area contributed by atoms with E-state index in [1.165, 1.54) is 24.3 Å². The minimum absolute atomic E-state index is 0.221. The molecular formula is C12H22ClNOS. The maximum Gasteiger partial charge on any atom is 0.220 e. The molecule has 0 radical (unpaired) electrons. The van der Waals surface area contributed by atoms with Gasteiger partial charge < -0.3 is 5.32 Å². The minimum atomic E-state index is 0.221. The predicted octanol–water partition coefficient (Wildman–Crippen LogP) is 3.04. The van der Waals surface area contributed by atoms with Gasteiger partial charge in [0.1, 0.15) is 0 Å². The van der Waals surface area contributed by atoms with E-state index in [0.29, 0.717) is 18.2 Å². The molecule has 2 nitrogen and oxygen atoms in total. The third-order valence-electron chi connectivity index (χ3n) is 2.99. The van der Waals surface area contributed by atoms with Gasteiger partial charge in [0, 0.05) is 18.3 Å². The molecule has 0 aliphatic carbocycles. The molecule has 1 amide bonds. The van der Waals surface area contributed by atoms with Gasteiger partial charge in [-0.3, -0.25) is 4.79 Å².